The van der Waals surface area contributed by atoms with Crippen molar-refractivity contribution in [1.82, 2.24) is 0 Å². The van der Waals surface area contributed by atoms with E-state index < -0.39 is 5.97 Å². The van der Waals surface area contributed by atoms with Gasteiger partial charge in [-0.3, -0.25) is 4.79 Å². The third-order valence-corrected chi connectivity index (χ3v) is 5.68. The second kappa shape index (κ2) is 10.2. The first kappa shape index (κ1) is 21.1. The fourth-order valence-corrected chi connectivity index (χ4v) is 3.89. The number of hydrogen-bond acceptors (Lipinski definition) is 4. The lowest BCUT2D eigenvalue weighted by molar-refractivity contribution is -0.140. The van der Waals surface area contributed by atoms with Gasteiger partial charge in [0, 0.05) is 7.11 Å². The smallest absolute Gasteiger partial charge is 0.335 e. The third-order valence-electron chi connectivity index (χ3n) is 5.68. The molecule has 1 saturated carbocycles. The van der Waals surface area contributed by atoms with E-state index in [2.05, 4.69) is 24.3 Å². The molecular formula is C24H28O5. The number of esters is 1. The first-order valence-corrected chi connectivity index (χ1v) is 10.2. The average molecular weight is 396 g/mol. The second-order valence-corrected chi connectivity index (χ2v) is 7.76. The highest BCUT2D eigenvalue weighted by atomic mass is 16.5. The van der Waals surface area contributed by atoms with Gasteiger partial charge in [0.25, 0.3) is 0 Å². The Kier molecular flexibility index (Phi) is 7.42. The molecule has 1 fully saturated rings. The number of aryl methyl sites for hydroxylation is 1. The first-order chi connectivity index (χ1) is 14.0. The van der Waals surface area contributed by atoms with Gasteiger partial charge in [0.05, 0.1) is 18.1 Å². The van der Waals surface area contributed by atoms with Crippen LogP contribution in [0.2, 0.25) is 0 Å². The highest BCUT2D eigenvalue weighted by Gasteiger charge is 2.27. The lowest BCUT2D eigenvalue weighted by Crippen LogP contribution is -2.25. The van der Waals surface area contributed by atoms with E-state index in [0.29, 0.717) is 18.3 Å². The van der Waals surface area contributed by atoms with Gasteiger partial charge in [-0.2, -0.15) is 0 Å². The molecule has 3 rings (SSSR count). The molecule has 0 saturated heterocycles. The number of rotatable bonds is 8. The summed E-state index contributed by atoms with van der Waals surface area (Å²) in [5.74, 6) is -0.224. The molecule has 1 aliphatic rings. The van der Waals surface area contributed by atoms with Crippen LogP contribution in [-0.4, -0.2) is 24.2 Å². The summed E-state index contributed by atoms with van der Waals surface area (Å²) in [6.45, 7) is 0.643. The molecular weight excluding hydrogens is 368 g/mol. The lowest BCUT2D eigenvalue weighted by Gasteiger charge is -2.27. The van der Waals surface area contributed by atoms with Gasteiger partial charge < -0.3 is 14.6 Å². The predicted molar refractivity (Wildman–Crippen MR) is 110 cm³/mol. The number of carbonyl (C=O) groups excluding carboxylic acids is 1. The molecule has 0 aliphatic heterocycles. The SMILES string of the molecule is COCc1ccc(CCC2CCC(C(=O)Oc3ccc(C(=O)O)cc3)CC2)cc1. The van der Waals surface area contributed by atoms with Crippen molar-refractivity contribution in [3.63, 3.8) is 0 Å². The topological polar surface area (TPSA) is 72.8 Å². The molecule has 5 nitrogen and oxygen atoms in total. The number of methoxy groups -OCH3 is 1. The first-order valence-electron chi connectivity index (χ1n) is 10.2. The van der Waals surface area contributed by atoms with Crippen molar-refractivity contribution in [2.75, 3.05) is 7.11 Å². The predicted octanol–water partition coefficient (Wildman–Crippen LogP) is 4.88. The zero-order valence-electron chi connectivity index (χ0n) is 16.8. The quantitative estimate of drug-likeness (QED) is 0.509. The van der Waals surface area contributed by atoms with Gasteiger partial charge >= 0.3 is 11.9 Å². The molecule has 0 heterocycles. The van der Waals surface area contributed by atoms with Crippen molar-refractivity contribution in [3.05, 3.63) is 65.2 Å². The minimum absolute atomic E-state index is 0.0706. The van der Waals surface area contributed by atoms with Gasteiger partial charge in [-0.05, 0) is 79.8 Å². The number of benzene rings is 2. The molecule has 0 bridgehead atoms. The van der Waals surface area contributed by atoms with Crippen molar-refractivity contribution >= 4 is 11.9 Å². The Hall–Kier alpha value is -2.66. The van der Waals surface area contributed by atoms with Crippen molar-refractivity contribution in [2.45, 2.75) is 45.1 Å². The van der Waals surface area contributed by atoms with Gasteiger partial charge in [0.1, 0.15) is 5.75 Å². The van der Waals surface area contributed by atoms with Crippen LogP contribution in [-0.2, 0) is 22.6 Å². The van der Waals surface area contributed by atoms with Crippen molar-refractivity contribution < 1.29 is 24.2 Å². The molecule has 1 aliphatic carbocycles. The summed E-state index contributed by atoms with van der Waals surface area (Å²) in [4.78, 5) is 23.3. The van der Waals surface area contributed by atoms with Crippen LogP contribution in [0.15, 0.2) is 48.5 Å². The second-order valence-electron chi connectivity index (χ2n) is 7.76. The van der Waals surface area contributed by atoms with Crippen LogP contribution in [0.25, 0.3) is 0 Å². The van der Waals surface area contributed by atoms with E-state index in [1.54, 1.807) is 7.11 Å². The Morgan fingerprint density at radius 2 is 1.55 bits per heavy atom. The summed E-state index contributed by atoms with van der Waals surface area (Å²) in [5, 5.41) is 8.92. The molecule has 0 atom stereocenters. The average Bonchev–Trinajstić information content (AvgIpc) is 2.74. The molecule has 2 aromatic carbocycles. The number of carboxylic acids is 1. The normalized spacial score (nSPS) is 18.9. The molecule has 0 unspecified atom stereocenters. The fourth-order valence-electron chi connectivity index (χ4n) is 3.89. The Bertz CT molecular complexity index is 802. The third kappa shape index (κ3) is 6.16. The highest BCUT2D eigenvalue weighted by Crippen LogP contribution is 2.32. The van der Waals surface area contributed by atoms with E-state index in [0.717, 1.165) is 38.5 Å². The van der Waals surface area contributed by atoms with E-state index >= 15 is 0 Å². The molecule has 154 valence electrons. The standard InChI is InChI=1S/C24H28O5/c1-28-16-19-6-4-17(5-7-19)2-3-18-8-10-21(11-9-18)24(27)29-22-14-12-20(13-15-22)23(25)26/h4-7,12-15,18,21H,2-3,8-11,16H2,1H3,(H,25,26). The minimum Gasteiger partial charge on any atom is -0.478 e. The zero-order valence-corrected chi connectivity index (χ0v) is 16.8. The Morgan fingerprint density at radius 3 is 2.14 bits per heavy atom. The molecule has 29 heavy (non-hydrogen) atoms. The molecule has 0 radical (unpaired) electrons. The van der Waals surface area contributed by atoms with E-state index in [4.69, 9.17) is 14.6 Å². The molecule has 2 aromatic rings. The van der Waals surface area contributed by atoms with Crippen LogP contribution in [0.1, 0.15) is 53.6 Å². The van der Waals surface area contributed by atoms with Crippen LogP contribution < -0.4 is 4.74 Å². The molecule has 0 amide bonds. The maximum Gasteiger partial charge on any atom is 0.335 e. The Balaban J connectivity index is 1.41. The number of hydrogen-bond donors (Lipinski definition) is 1. The van der Waals surface area contributed by atoms with Crippen molar-refractivity contribution in [3.8, 4) is 5.75 Å². The van der Waals surface area contributed by atoms with Gasteiger partial charge in [0.15, 0.2) is 0 Å². The van der Waals surface area contributed by atoms with E-state index in [1.165, 1.54) is 35.4 Å². The monoisotopic (exact) mass is 396 g/mol. The summed E-state index contributed by atoms with van der Waals surface area (Å²) < 4.78 is 10.6. The van der Waals surface area contributed by atoms with Gasteiger partial charge in [-0.25, -0.2) is 4.79 Å². The Morgan fingerprint density at radius 1 is 0.931 bits per heavy atom. The molecule has 1 N–H and O–H groups in total. The molecule has 5 heteroatoms. The number of ether oxygens (including phenoxy) is 2. The number of carboxylic acid groups (broad SMARTS) is 1. The van der Waals surface area contributed by atoms with Crippen LogP contribution in [0.5, 0.6) is 5.75 Å². The summed E-state index contributed by atoms with van der Waals surface area (Å²) in [7, 11) is 1.70. The summed E-state index contributed by atoms with van der Waals surface area (Å²) in [6, 6.07) is 14.5. The maximum atomic E-state index is 12.4. The summed E-state index contributed by atoms with van der Waals surface area (Å²) in [5.41, 5.74) is 2.71. The van der Waals surface area contributed by atoms with E-state index in [-0.39, 0.29) is 17.5 Å². The largest absolute Gasteiger partial charge is 0.478 e. The molecule has 0 spiro atoms. The maximum absolute atomic E-state index is 12.4. The highest BCUT2D eigenvalue weighted by molar-refractivity contribution is 5.87. The van der Waals surface area contributed by atoms with Gasteiger partial charge in [-0.1, -0.05) is 24.3 Å². The van der Waals surface area contributed by atoms with Gasteiger partial charge in [0.2, 0.25) is 0 Å². The van der Waals surface area contributed by atoms with E-state index in [9.17, 15) is 9.59 Å². The van der Waals surface area contributed by atoms with Crippen LogP contribution in [0.3, 0.4) is 0 Å². The van der Waals surface area contributed by atoms with Crippen molar-refractivity contribution in [2.24, 2.45) is 11.8 Å². The van der Waals surface area contributed by atoms with Crippen LogP contribution in [0.4, 0.5) is 0 Å². The number of carbonyl (C=O) groups is 2. The summed E-state index contributed by atoms with van der Waals surface area (Å²) >= 11 is 0. The van der Waals surface area contributed by atoms with Gasteiger partial charge in [-0.15, -0.1) is 0 Å². The minimum atomic E-state index is -0.993. The summed E-state index contributed by atoms with van der Waals surface area (Å²) in [6.07, 6.45) is 5.98. The van der Waals surface area contributed by atoms with Crippen LogP contribution in [0, 0.1) is 11.8 Å². The zero-order chi connectivity index (χ0) is 20.6. The Labute approximate surface area is 171 Å². The molecule has 0 aromatic heterocycles. The lowest BCUT2D eigenvalue weighted by atomic mass is 9.79. The van der Waals surface area contributed by atoms with Crippen LogP contribution >= 0.6 is 0 Å². The number of aromatic carboxylic acids is 1. The van der Waals surface area contributed by atoms with E-state index in [1.807, 2.05) is 0 Å². The van der Waals surface area contributed by atoms with Crippen molar-refractivity contribution in [1.29, 1.82) is 0 Å². The fraction of sp³-hybridized carbons (Fsp3) is 0.417.